The second-order valence-electron chi connectivity index (χ2n) is 19.4. The molecule has 0 saturated carbocycles. The Bertz CT molecular complexity index is 3320. The highest BCUT2D eigenvalue weighted by molar-refractivity contribution is 5.99. The monoisotopic (exact) mass is 897 g/mol. The van der Waals surface area contributed by atoms with Crippen molar-refractivity contribution in [1.82, 2.24) is 19.8 Å². The Balaban J connectivity index is 1.00. The lowest BCUT2D eigenvalue weighted by molar-refractivity contribution is 0.0555. The lowest BCUT2D eigenvalue weighted by atomic mass is 9.70. The van der Waals surface area contributed by atoms with Gasteiger partial charge in [-0.25, -0.2) is 4.99 Å². The van der Waals surface area contributed by atoms with Crippen LogP contribution in [0.1, 0.15) is 95.6 Å². The zero-order valence-electron chi connectivity index (χ0n) is 38.9. The molecule has 6 nitrogen and oxygen atoms in total. The largest absolute Gasteiger partial charge is 0.370 e. The molecule has 1 saturated heterocycles. The number of rotatable bonds is 8. The van der Waals surface area contributed by atoms with Gasteiger partial charge in [0.15, 0.2) is 0 Å². The number of benzene rings is 5. The Morgan fingerprint density at radius 3 is 2.19 bits per heavy atom. The van der Waals surface area contributed by atoms with Crippen molar-refractivity contribution in [2.45, 2.75) is 68.6 Å². The first-order valence-electron chi connectivity index (χ1n) is 24.9. The minimum atomic E-state index is -0.287. The van der Waals surface area contributed by atoms with Crippen LogP contribution < -0.4 is 5.32 Å². The highest BCUT2D eigenvalue weighted by Crippen LogP contribution is 2.56. The number of ether oxygens (including phenoxy) is 1. The molecule has 0 radical (unpaired) electrons. The van der Waals surface area contributed by atoms with Crippen LogP contribution >= 0.6 is 0 Å². The number of allylic oxidation sites excluding steroid dienone is 9. The standard InChI is InChI=1S/C63H55N5O/c1-67-62(44-26-13-5-14-27-44)65-61(43-24-11-4-12-25-43)66-63(67)52-39-48(47-37-45(41-20-7-2-8-21-41)36-46(38-47)42-22-9-3-10-23-42)40-64-60(52)51-31-19-33-55-58(51)59-56(69-55)35-34-54-57(59)50-30-17-18-32-53(50)68(54)49-28-15-6-16-29-49/h2,4-9,11-18,20-28,30-32,34-40,49,55-56,58-59,61,63,66H,3,10,19,29,33H2,1H3. The first-order chi connectivity index (χ1) is 34.1. The Morgan fingerprint density at radius 2 is 1.41 bits per heavy atom. The van der Waals surface area contributed by atoms with Gasteiger partial charge in [-0.1, -0.05) is 164 Å². The summed E-state index contributed by atoms with van der Waals surface area (Å²) in [4.78, 5) is 13.5. The molecule has 4 heterocycles. The van der Waals surface area contributed by atoms with E-state index in [1.54, 1.807) is 0 Å². The molecule has 13 rings (SSSR count). The van der Waals surface area contributed by atoms with E-state index < -0.39 is 0 Å². The van der Waals surface area contributed by atoms with E-state index in [4.69, 9.17) is 14.7 Å². The van der Waals surface area contributed by atoms with Crippen molar-refractivity contribution in [2.24, 2.45) is 10.9 Å². The van der Waals surface area contributed by atoms with Crippen molar-refractivity contribution >= 4 is 34.0 Å². The maximum Gasteiger partial charge on any atom is 0.134 e. The summed E-state index contributed by atoms with van der Waals surface area (Å²) in [7, 11) is 2.19. The number of nitrogens with one attached hydrogen (secondary N) is 1. The molecule has 5 aromatic carbocycles. The molecule has 0 spiro atoms. The van der Waals surface area contributed by atoms with Gasteiger partial charge in [-0.05, 0) is 113 Å². The number of hydrogen-bond donors (Lipinski definition) is 1. The zero-order chi connectivity index (χ0) is 45.8. The molecule has 0 bridgehead atoms. The van der Waals surface area contributed by atoms with Gasteiger partial charge in [0.1, 0.15) is 18.2 Å². The van der Waals surface area contributed by atoms with E-state index in [0.29, 0.717) is 0 Å². The molecule has 4 aliphatic carbocycles. The molecule has 1 N–H and O–H groups in total. The molecule has 6 aliphatic rings. The van der Waals surface area contributed by atoms with E-state index >= 15 is 0 Å². The van der Waals surface area contributed by atoms with Crippen LogP contribution in [0, 0.1) is 5.92 Å². The quantitative estimate of drug-likeness (QED) is 0.165. The van der Waals surface area contributed by atoms with E-state index in [9.17, 15) is 0 Å². The Kier molecular flexibility index (Phi) is 10.7. The summed E-state index contributed by atoms with van der Waals surface area (Å²) in [6.45, 7) is 0. The number of pyridine rings is 1. The normalized spacial score (nSPS) is 24.6. The number of hydrogen-bond acceptors (Lipinski definition) is 5. The van der Waals surface area contributed by atoms with Gasteiger partial charge in [-0.3, -0.25) is 10.3 Å². The summed E-state index contributed by atoms with van der Waals surface area (Å²) >= 11 is 0. The fourth-order valence-corrected chi connectivity index (χ4v) is 12.2. The number of fused-ring (bicyclic) bond motifs is 7. The summed E-state index contributed by atoms with van der Waals surface area (Å²) < 4.78 is 9.80. The zero-order valence-corrected chi connectivity index (χ0v) is 38.9. The number of amidine groups is 1. The topological polar surface area (TPSA) is 54.7 Å². The summed E-state index contributed by atoms with van der Waals surface area (Å²) in [6.07, 6.45) is 29.8. The van der Waals surface area contributed by atoms with E-state index in [0.717, 1.165) is 71.5 Å². The molecule has 69 heavy (non-hydrogen) atoms. The third-order valence-corrected chi connectivity index (χ3v) is 15.3. The molecule has 7 atom stereocenters. The molecular formula is C63H55N5O. The smallest absolute Gasteiger partial charge is 0.134 e. The predicted octanol–water partition coefficient (Wildman–Crippen LogP) is 14.2. The average Bonchev–Trinajstić information content (AvgIpc) is 3.98. The van der Waals surface area contributed by atoms with E-state index in [-0.39, 0.29) is 42.4 Å². The lowest BCUT2D eigenvalue weighted by Gasteiger charge is -2.40. The van der Waals surface area contributed by atoms with Crippen molar-refractivity contribution < 1.29 is 4.74 Å². The number of nitrogens with zero attached hydrogens (tertiary/aromatic N) is 4. The van der Waals surface area contributed by atoms with Crippen molar-refractivity contribution in [3.05, 3.63) is 240 Å². The SMILES string of the molecule is CN1C(c2ccccc2)=NC(c2ccccc2)NC1c1cc(-c2cc(C3=CCCC=C3)cc(-c3ccccc3)c2)cnc1C1=CCCC2OC3C=Cc4c(c5ccccc5n4C4C=CC=CC4)C3C12. The van der Waals surface area contributed by atoms with Gasteiger partial charge in [-0.15, -0.1) is 0 Å². The highest BCUT2D eigenvalue weighted by atomic mass is 16.5. The predicted molar refractivity (Wildman–Crippen MR) is 282 cm³/mol. The summed E-state index contributed by atoms with van der Waals surface area (Å²) in [5.74, 6) is 1.17. The summed E-state index contributed by atoms with van der Waals surface area (Å²) in [6, 6.07) is 50.9. The third kappa shape index (κ3) is 7.41. The van der Waals surface area contributed by atoms with Crippen molar-refractivity contribution in [3.63, 3.8) is 0 Å². The summed E-state index contributed by atoms with van der Waals surface area (Å²) in [5, 5.41) is 5.41. The minimum absolute atomic E-state index is 0.0326. The number of aliphatic imine (C=N–C) groups is 1. The second-order valence-corrected chi connectivity index (χ2v) is 19.4. The molecule has 2 aliphatic heterocycles. The fraction of sp³-hybridized carbons (Fsp3) is 0.206. The molecule has 6 heteroatoms. The van der Waals surface area contributed by atoms with Crippen molar-refractivity contribution in [1.29, 1.82) is 0 Å². The molecule has 0 amide bonds. The van der Waals surface area contributed by atoms with Crippen LogP contribution in [-0.4, -0.2) is 39.5 Å². The van der Waals surface area contributed by atoms with E-state index in [1.807, 2.05) is 0 Å². The molecular weight excluding hydrogens is 843 g/mol. The van der Waals surface area contributed by atoms with Crippen LogP contribution in [0.25, 0.3) is 50.4 Å². The van der Waals surface area contributed by atoms with Gasteiger partial charge in [0, 0.05) is 58.4 Å². The molecule has 2 aromatic heterocycles. The number of para-hydroxylation sites is 1. The Hall–Kier alpha value is -7.38. The maximum atomic E-state index is 7.21. The first-order valence-corrected chi connectivity index (χ1v) is 24.9. The highest BCUT2D eigenvalue weighted by Gasteiger charge is 2.51. The fourth-order valence-electron chi connectivity index (χ4n) is 12.2. The van der Waals surface area contributed by atoms with Crippen molar-refractivity contribution in [3.8, 4) is 22.3 Å². The van der Waals surface area contributed by atoms with Crippen LogP contribution in [0.5, 0.6) is 0 Å². The van der Waals surface area contributed by atoms with E-state index in [2.05, 4.69) is 228 Å². The second kappa shape index (κ2) is 17.6. The Labute approximate surface area is 405 Å². The molecule has 7 unspecified atom stereocenters. The van der Waals surface area contributed by atoms with Gasteiger partial charge in [0.2, 0.25) is 0 Å². The molecule has 7 aromatic rings. The van der Waals surface area contributed by atoms with Crippen LogP contribution in [0.3, 0.4) is 0 Å². The summed E-state index contributed by atoms with van der Waals surface area (Å²) in [5.41, 5.74) is 16.7. The van der Waals surface area contributed by atoms with Crippen LogP contribution in [0.2, 0.25) is 0 Å². The number of aromatic nitrogens is 2. The Morgan fingerprint density at radius 1 is 0.652 bits per heavy atom. The van der Waals surface area contributed by atoms with Gasteiger partial charge < -0.3 is 14.2 Å². The molecule has 1 fully saturated rings. The minimum Gasteiger partial charge on any atom is -0.370 e. The first kappa shape index (κ1) is 41.8. The average molecular weight is 898 g/mol. The van der Waals surface area contributed by atoms with Gasteiger partial charge in [0.05, 0.1) is 23.9 Å². The third-order valence-electron chi connectivity index (χ3n) is 15.3. The van der Waals surface area contributed by atoms with Crippen LogP contribution in [-0.2, 0) is 4.74 Å². The lowest BCUT2D eigenvalue weighted by Crippen LogP contribution is -2.46. The van der Waals surface area contributed by atoms with Crippen LogP contribution in [0.15, 0.2) is 205 Å². The van der Waals surface area contributed by atoms with Crippen molar-refractivity contribution in [2.75, 3.05) is 7.05 Å². The van der Waals surface area contributed by atoms with Gasteiger partial charge in [-0.2, -0.15) is 0 Å². The maximum absolute atomic E-state index is 7.21. The molecule has 338 valence electrons. The van der Waals surface area contributed by atoms with Gasteiger partial charge >= 0.3 is 0 Å². The van der Waals surface area contributed by atoms with Crippen LogP contribution in [0.4, 0.5) is 0 Å². The van der Waals surface area contributed by atoms with E-state index in [1.165, 1.54) is 50.0 Å². The van der Waals surface area contributed by atoms with Gasteiger partial charge in [0.25, 0.3) is 0 Å².